The molecule has 0 amide bonds. The van der Waals surface area contributed by atoms with Gasteiger partial charge in [-0.2, -0.15) is 4.31 Å². The minimum atomic E-state index is -3.52. The summed E-state index contributed by atoms with van der Waals surface area (Å²) in [6, 6.07) is 1.25. The van der Waals surface area contributed by atoms with Gasteiger partial charge in [0.2, 0.25) is 0 Å². The Hall–Kier alpha value is 0.340. The highest BCUT2D eigenvalue weighted by atomic mass is 79.9. The molecule has 1 heterocycles. The van der Waals surface area contributed by atoms with Crippen molar-refractivity contribution < 1.29 is 13.2 Å². The van der Waals surface area contributed by atoms with Crippen molar-refractivity contribution in [3.8, 4) is 0 Å². The molecule has 4 nitrogen and oxygen atoms in total. The van der Waals surface area contributed by atoms with Gasteiger partial charge in [0.1, 0.15) is 4.21 Å². The van der Waals surface area contributed by atoms with Crippen LogP contribution in [-0.2, 0) is 14.8 Å². The third-order valence-corrected chi connectivity index (χ3v) is 7.41. The minimum absolute atomic E-state index is 0.218. The van der Waals surface area contributed by atoms with Crippen molar-refractivity contribution >= 4 is 48.9 Å². The number of sulfonamides is 1. The Morgan fingerprint density at radius 3 is 2.61 bits per heavy atom. The highest BCUT2D eigenvalue weighted by Crippen LogP contribution is 2.36. The number of rotatable bonds is 6. The number of nitrogens with zero attached hydrogens (tertiary/aromatic N) is 1. The Morgan fingerprint density at radius 2 is 2.22 bits per heavy atom. The Morgan fingerprint density at radius 1 is 1.61 bits per heavy atom. The van der Waals surface area contributed by atoms with Crippen LogP contribution in [-0.4, -0.2) is 39.0 Å². The van der Waals surface area contributed by atoms with Crippen LogP contribution >= 0.6 is 38.9 Å². The fourth-order valence-corrected chi connectivity index (χ4v) is 5.77. The van der Waals surface area contributed by atoms with E-state index >= 15 is 0 Å². The molecular formula is C10H15BrClNO3S2. The molecule has 0 aliphatic rings. The van der Waals surface area contributed by atoms with Crippen molar-refractivity contribution in [3.05, 3.63) is 14.9 Å². The van der Waals surface area contributed by atoms with Crippen LogP contribution in [0.5, 0.6) is 0 Å². The maximum atomic E-state index is 12.4. The second-order valence-corrected chi connectivity index (χ2v) is 8.59. The lowest BCUT2D eigenvalue weighted by atomic mass is 10.4. The average Bonchev–Trinajstić information content (AvgIpc) is 2.61. The molecule has 0 spiro atoms. The Labute approximate surface area is 125 Å². The van der Waals surface area contributed by atoms with Gasteiger partial charge in [0, 0.05) is 19.7 Å². The molecule has 8 heteroatoms. The number of methoxy groups -OCH3 is 1. The molecule has 18 heavy (non-hydrogen) atoms. The average molecular weight is 377 g/mol. The summed E-state index contributed by atoms with van der Waals surface area (Å²) in [5.74, 6) is 0. The molecule has 0 bridgehead atoms. The summed E-state index contributed by atoms with van der Waals surface area (Å²) in [6.07, 6.45) is 0. The zero-order valence-corrected chi connectivity index (χ0v) is 14.3. The first-order valence-corrected chi connectivity index (χ1v) is 8.73. The quantitative estimate of drug-likeness (QED) is 0.766. The van der Waals surface area contributed by atoms with Crippen molar-refractivity contribution in [2.45, 2.75) is 24.1 Å². The number of likely N-dealkylation sites (N-methyl/N-ethyl adjacent to an activating group) is 1. The number of halogens is 2. The van der Waals surface area contributed by atoms with E-state index in [9.17, 15) is 8.42 Å². The summed E-state index contributed by atoms with van der Waals surface area (Å²) in [7, 11) is -1.97. The molecule has 1 atom stereocenters. The second-order valence-electron chi connectivity index (χ2n) is 3.70. The van der Waals surface area contributed by atoms with Gasteiger partial charge in [-0.1, -0.05) is 18.5 Å². The van der Waals surface area contributed by atoms with Crippen LogP contribution in [0.2, 0.25) is 5.02 Å². The zero-order chi connectivity index (χ0) is 13.9. The van der Waals surface area contributed by atoms with E-state index < -0.39 is 10.0 Å². The second kappa shape index (κ2) is 6.67. The lowest BCUT2D eigenvalue weighted by molar-refractivity contribution is 0.143. The first-order chi connectivity index (χ1) is 8.34. The first kappa shape index (κ1) is 16.4. The predicted octanol–water partition coefficient (Wildman–Crippen LogP) is 3.21. The Kier molecular flexibility index (Phi) is 6.08. The van der Waals surface area contributed by atoms with Gasteiger partial charge in [-0.3, -0.25) is 0 Å². The van der Waals surface area contributed by atoms with E-state index in [0.717, 1.165) is 11.3 Å². The highest BCUT2D eigenvalue weighted by Gasteiger charge is 2.29. The monoisotopic (exact) mass is 375 g/mol. The van der Waals surface area contributed by atoms with Gasteiger partial charge in [0.25, 0.3) is 10.0 Å². The third kappa shape index (κ3) is 3.46. The summed E-state index contributed by atoms with van der Waals surface area (Å²) in [5.41, 5.74) is 0. The van der Waals surface area contributed by atoms with Gasteiger partial charge in [0.05, 0.1) is 15.4 Å². The Bertz CT molecular complexity index is 484. The summed E-state index contributed by atoms with van der Waals surface area (Å²) in [5, 5.41) is 0.411. The van der Waals surface area contributed by atoms with E-state index in [0.29, 0.717) is 22.0 Å². The lowest BCUT2D eigenvalue weighted by Gasteiger charge is -2.25. The van der Waals surface area contributed by atoms with Crippen LogP contribution in [0.1, 0.15) is 13.8 Å². The van der Waals surface area contributed by atoms with E-state index in [1.807, 2.05) is 6.92 Å². The number of ether oxygens (including phenoxy) is 1. The molecule has 1 aromatic heterocycles. The van der Waals surface area contributed by atoms with E-state index in [-0.39, 0.29) is 10.3 Å². The number of thiophene rings is 1. The topological polar surface area (TPSA) is 46.6 Å². The van der Waals surface area contributed by atoms with Gasteiger partial charge >= 0.3 is 0 Å². The Balaban J connectivity index is 3.10. The fourth-order valence-electron chi connectivity index (χ4n) is 1.61. The summed E-state index contributed by atoms with van der Waals surface area (Å²) in [4.78, 5) is 0. The van der Waals surface area contributed by atoms with Gasteiger partial charge in [-0.15, -0.1) is 11.3 Å². The maximum Gasteiger partial charge on any atom is 0.252 e. The molecular weight excluding hydrogens is 362 g/mol. The summed E-state index contributed by atoms with van der Waals surface area (Å²) < 4.78 is 32.2. The van der Waals surface area contributed by atoms with Gasteiger partial charge in [-0.05, 0) is 28.9 Å². The van der Waals surface area contributed by atoms with Gasteiger partial charge < -0.3 is 4.74 Å². The van der Waals surface area contributed by atoms with Crippen LogP contribution in [0, 0.1) is 0 Å². The van der Waals surface area contributed by atoms with E-state index in [1.165, 1.54) is 10.4 Å². The molecule has 0 aromatic carbocycles. The molecule has 1 unspecified atom stereocenters. The van der Waals surface area contributed by atoms with Crippen LogP contribution in [0.4, 0.5) is 0 Å². The molecule has 0 fully saturated rings. The lowest BCUT2D eigenvalue weighted by Crippen LogP contribution is -2.40. The van der Waals surface area contributed by atoms with E-state index in [2.05, 4.69) is 15.9 Å². The highest BCUT2D eigenvalue weighted by molar-refractivity contribution is 9.11. The van der Waals surface area contributed by atoms with Crippen molar-refractivity contribution in [1.82, 2.24) is 4.31 Å². The zero-order valence-electron chi connectivity index (χ0n) is 10.3. The third-order valence-electron chi connectivity index (χ3n) is 2.40. The van der Waals surface area contributed by atoms with Crippen molar-refractivity contribution in [3.63, 3.8) is 0 Å². The number of hydrogen-bond donors (Lipinski definition) is 0. The minimum Gasteiger partial charge on any atom is -0.383 e. The van der Waals surface area contributed by atoms with Crippen molar-refractivity contribution in [2.75, 3.05) is 20.3 Å². The van der Waals surface area contributed by atoms with Crippen molar-refractivity contribution in [1.29, 1.82) is 0 Å². The smallest absolute Gasteiger partial charge is 0.252 e. The molecule has 1 rings (SSSR count). The van der Waals surface area contributed by atoms with E-state index in [4.69, 9.17) is 16.3 Å². The van der Waals surface area contributed by atoms with Crippen molar-refractivity contribution in [2.24, 2.45) is 0 Å². The van der Waals surface area contributed by atoms with Crippen LogP contribution in [0.15, 0.2) is 14.1 Å². The van der Waals surface area contributed by atoms with Crippen LogP contribution in [0.25, 0.3) is 0 Å². The molecule has 0 radical (unpaired) electrons. The van der Waals surface area contributed by atoms with Gasteiger partial charge in [0.15, 0.2) is 0 Å². The first-order valence-electron chi connectivity index (χ1n) is 5.30. The molecule has 0 saturated carbocycles. The molecule has 1 aromatic rings. The van der Waals surface area contributed by atoms with Crippen LogP contribution in [0.3, 0.4) is 0 Å². The molecule has 104 valence electrons. The number of hydrogen-bond acceptors (Lipinski definition) is 4. The van der Waals surface area contributed by atoms with Gasteiger partial charge in [-0.25, -0.2) is 8.42 Å². The van der Waals surface area contributed by atoms with Crippen LogP contribution < -0.4 is 0 Å². The predicted molar refractivity (Wildman–Crippen MR) is 77.9 cm³/mol. The maximum absolute atomic E-state index is 12.4. The molecule has 0 saturated heterocycles. The molecule has 0 aliphatic carbocycles. The van der Waals surface area contributed by atoms with E-state index in [1.54, 1.807) is 14.0 Å². The molecule has 0 aliphatic heterocycles. The summed E-state index contributed by atoms with van der Waals surface area (Å²) in [6.45, 7) is 4.36. The SMILES string of the molecule is CCN(C(C)COC)S(=O)(=O)c1cc(Cl)c(Br)s1. The molecule has 0 N–H and O–H groups in total. The largest absolute Gasteiger partial charge is 0.383 e. The summed E-state index contributed by atoms with van der Waals surface area (Å²) >= 11 is 10.2. The normalized spacial score (nSPS) is 14.1. The standard InChI is InChI=1S/C10H15BrClNO3S2/c1-4-13(7(2)6-16-3)18(14,15)9-5-8(12)10(11)17-9/h5,7H,4,6H2,1-3H3. The fraction of sp³-hybridized carbons (Fsp3) is 0.600.